The van der Waals surface area contributed by atoms with Crippen LogP contribution in [0.1, 0.15) is 36.8 Å². The number of rotatable bonds is 7. The highest BCUT2D eigenvalue weighted by molar-refractivity contribution is 7.13. The Kier molecular flexibility index (Phi) is 7.15. The monoisotopic (exact) mass is 453 g/mol. The van der Waals surface area contributed by atoms with Crippen molar-refractivity contribution in [1.82, 2.24) is 10.3 Å². The smallest absolute Gasteiger partial charge is 0.253 e. The Bertz CT molecular complexity index is 1120. The van der Waals surface area contributed by atoms with Crippen molar-refractivity contribution >= 4 is 28.8 Å². The van der Waals surface area contributed by atoms with E-state index in [1.165, 1.54) is 11.3 Å². The molecular formula is C24H27N3O4S. The van der Waals surface area contributed by atoms with Gasteiger partial charge in [-0.2, -0.15) is 0 Å². The van der Waals surface area contributed by atoms with Crippen molar-refractivity contribution in [2.75, 3.05) is 19.5 Å². The van der Waals surface area contributed by atoms with Gasteiger partial charge < -0.3 is 20.1 Å². The summed E-state index contributed by atoms with van der Waals surface area (Å²) in [5.41, 5.74) is 2.03. The largest absolute Gasteiger partial charge is 0.493 e. The normalized spacial score (nSPS) is 11.0. The van der Waals surface area contributed by atoms with Gasteiger partial charge in [0, 0.05) is 16.5 Å². The summed E-state index contributed by atoms with van der Waals surface area (Å²) in [6, 6.07) is 12.5. The molecule has 0 aliphatic rings. The molecule has 0 atom stereocenters. The van der Waals surface area contributed by atoms with Gasteiger partial charge in [-0.1, -0.05) is 12.1 Å². The van der Waals surface area contributed by atoms with Crippen molar-refractivity contribution in [2.45, 2.75) is 32.7 Å². The zero-order chi connectivity index (χ0) is 23.3. The van der Waals surface area contributed by atoms with E-state index in [4.69, 9.17) is 9.47 Å². The van der Waals surface area contributed by atoms with E-state index in [2.05, 4.69) is 15.6 Å². The third-order valence-electron chi connectivity index (χ3n) is 4.46. The summed E-state index contributed by atoms with van der Waals surface area (Å²) < 4.78 is 10.6. The molecule has 168 valence electrons. The molecule has 0 fully saturated rings. The van der Waals surface area contributed by atoms with E-state index in [1.54, 1.807) is 38.5 Å². The SMILES string of the molecule is COc1ccc(-c2nc(CC(=O)Nc3ccccc3C(=O)NC(C)(C)C)cs2)cc1OC. The highest BCUT2D eigenvalue weighted by atomic mass is 32.1. The number of carbonyl (C=O) groups is 2. The quantitative estimate of drug-likeness (QED) is 0.548. The van der Waals surface area contributed by atoms with Crippen molar-refractivity contribution in [3.8, 4) is 22.1 Å². The Labute approximate surface area is 191 Å². The Morgan fingerprint density at radius 3 is 2.44 bits per heavy atom. The van der Waals surface area contributed by atoms with Gasteiger partial charge >= 0.3 is 0 Å². The van der Waals surface area contributed by atoms with Crippen molar-refractivity contribution in [3.63, 3.8) is 0 Å². The van der Waals surface area contributed by atoms with E-state index in [0.717, 1.165) is 10.6 Å². The molecule has 32 heavy (non-hydrogen) atoms. The molecule has 2 aromatic carbocycles. The summed E-state index contributed by atoms with van der Waals surface area (Å²) in [4.78, 5) is 29.8. The summed E-state index contributed by atoms with van der Waals surface area (Å²) in [7, 11) is 3.17. The van der Waals surface area contributed by atoms with Crippen LogP contribution in [-0.4, -0.2) is 36.6 Å². The van der Waals surface area contributed by atoms with Crippen LogP contribution in [0.5, 0.6) is 11.5 Å². The molecule has 0 saturated heterocycles. The van der Waals surface area contributed by atoms with Gasteiger partial charge in [0.05, 0.1) is 37.6 Å². The number of thiazole rings is 1. The maximum absolute atomic E-state index is 12.7. The van der Waals surface area contributed by atoms with Crippen molar-refractivity contribution in [2.24, 2.45) is 0 Å². The first kappa shape index (κ1) is 23.3. The van der Waals surface area contributed by atoms with Gasteiger partial charge in [-0.25, -0.2) is 4.98 Å². The number of nitrogens with zero attached hydrogens (tertiary/aromatic N) is 1. The second-order valence-corrected chi connectivity index (χ2v) is 9.05. The number of carbonyl (C=O) groups excluding carboxylic acids is 2. The standard InChI is InChI=1S/C24H27N3O4S/c1-24(2,3)27-22(29)17-8-6-7-9-18(17)26-21(28)13-16-14-32-23(25-16)15-10-11-19(30-4)20(12-15)31-5/h6-12,14H,13H2,1-5H3,(H,26,28)(H,27,29). The fourth-order valence-electron chi connectivity index (χ4n) is 3.05. The predicted molar refractivity (Wildman–Crippen MR) is 127 cm³/mol. The number of para-hydroxylation sites is 1. The molecule has 0 aliphatic heterocycles. The number of hydrogen-bond acceptors (Lipinski definition) is 6. The minimum absolute atomic E-state index is 0.0962. The number of hydrogen-bond donors (Lipinski definition) is 2. The number of methoxy groups -OCH3 is 2. The first-order valence-electron chi connectivity index (χ1n) is 10.1. The molecule has 8 heteroatoms. The molecule has 7 nitrogen and oxygen atoms in total. The third kappa shape index (κ3) is 5.85. The Morgan fingerprint density at radius 1 is 1.03 bits per heavy atom. The average molecular weight is 454 g/mol. The van der Waals surface area contributed by atoms with Gasteiger partial charge in [-0.15, -0.1) is 11.3 Å². The number of aromatic nitrogens is 1. The summed E-state index contributed by atoms with van der Waals surface area (Å²) in [6.07, 6.45) is 0.0962. The molecule has 1 heterocycles. The highest BCUT2D eigenvalue weighted by Gasteiger charge is 2.19. The molecule has 2 amide bonds. The van der Waals surface area contributed by atoms with Crippen molar-refractivity contribution in [1.29, 1.82) is 0 Å². The Balaban J connectivity index is 1.71. The van der Waals surface area contributed by atoms with Crippen LogP contribution in [0.15, 0.2) is 47.8 Å². The molecule has 3 aromatic rings. The van der Waals surface area contributed by atoms with Crippen molar-refractivity contribution in [3.05, 3.63) is 59.1 Å². The predicted octanol–water partition coefficient (Wildman–Crippen LogP) is 4.54. The average Bonchev–Trinajstić information content (AvgIpc) is 3.20. The molecule has 0 saturated carbocycles. The van der Waals surface area contributed by atoms with E-state index in [1.807, 2.05) is 44.4 Å². The molecule has 2 N–H and O–H groups in total. The second-order valence-electron chi connectivity index (χ2n) is 8.19. The first-order valence-corrected chi connectivity index (χ1v) is 11.0. The van der Waals surface area contributed by atoms with Crippen molar-refractivity contribution < 1.29 is 19.1 Å². The van der Waals surface area contributed by atoms with Gasteiger partial charge in [0.15, 0.2) is 11.5 Å². The molecular weight excluding hydrogens is 426 g/mol. The molecule has 0 spiro atoms. The van der Waals surface area contributed by atoms with E-state index < -0.39 is 0 Å². The van der Waals surface area contributed by atoms with Crippen LogP contribution in [0, 0.1) is 0 Å². The molecule has 3 rings (SSSR count). The molecule has 1 aromatic heterocycles. The zero-order valence-electron chi connectivity index (χ0n) is 18.8. The lowest BCUT2D eigenvalue weighted by atomic mass is 10.1. The van der Waals surface area contributed by atoms with Gasteiger partial charge in [0.1, 0.15) is 5.01 Å². The molecule has 0 aliphatic carbocycles. The van der Waals surface area contributed by atoms with Crippen LogP contribution in [0.3, 0.4) is 0 Å². The van der Waals surface area contributed by atoms with Crippen LogP contribution < -0.4 is 20.1 Å². The molecule has 0 bridgehead atoms. The maximum Gasteiger partial charge on any atom is 0.253 e. The van der Waals surface area contributed by atoms with Gasteiger partial charge in [0.2, 0.25) is 5.91 Å². The Morgan fingerprint density at radius 2 is 1.75 bits per heavy atom. The summed E-state index contributed by atoms with van der Waals surface area (Å²) >= 11 is 1.45. The lowest BCUT2D eigenvalue weighted by Gasteiger charge is -2.21. The van der Waals surface area contributed by atoms with Crippen LogP contribution >= 0.6 is 11.3 Å². The second kappa shape index (κ2) is 9.82. The van der Waals surface area contributed by atoms with Gasteiger partial charge in [-0.05, 0) is 51.1 Å². The fourth-order valence-corrected chi connectivity index (χ4v) is 3.86. The van der Waals surface area contributed by atoms with E-state index in [-0.39, 0.29) is 23.8 Å². The molecule has 0 radical (unpaired) electrons. The van der Waals surface area contributed by atoms with Crippen LogP contribution in [0.25, 0.3) is 10.6 Å². The van der Waals surface area contributed by atoms with Crippen LogP contribution in [0.4, 0.5) is 5.69 Å². The number of nitrogens with one attached hydrogen (secondary N) is 2. The molecule has 0 unspecified atom stereocenters. The van der Waals surface area contributed by atoms with Gasteiger partial charge in [-0.3, -0.25) is 9.59 Å². The lowest BCUT2D eigenvalue weighted by Crippen LogP contribution is -2.40. The number of amides is 2. The van der Waals surface area contributed by atoms with Crippen LogP contribution in [0.2, 0.25) is 0 Å². The van der Waals surface area contributed by atoms with E-state index in [9.17, 15) is 9.59 Å². The minimum Gasteiger partial charge on any atom is -0.493 e. The number of anilines is 1. The number of ether oxygens (including phenoxy) is 2. The highest BCUT2D eigenvalue weighted by Crippen LogP contribution is 2.33. The fraction of sp³-hybridized carbons (Fsp3) is 0.292. The van der Waals surface area contributed by atoms with E-state index >= 15 is 0 Å². The third-order valence-corrected chi connectivity index (χ3v) is 5.40. The maximum atomic E-state index is 12.7. The summed E-state index contributed by atoms with van der Waals surface area (Å²) in [5.74, 6) is 0.772. The Hall–Kier alpha value is -3.39. The zero-order valence-corrected chi connectivity index (χ0v) is 19.6. The van der Waals surface area contributed by atoms with E-state index in [0.29, 0.717) is 28.4 Å². The summed E-state index contributed by atoms with van der Waals surface area (Å²) in [5, 5.41) is 8.38. The minimum atomic E-state index is -0.380. The first-order chi connectivity index (χ1) is 15.2. The van der Waals surface area contributed by atoms with Gasteiger partial charge in [0.25, 0.3) is 5.91 Å². The lowest BCUT2D eigenvalue weighted by molar-refractivity contribution is -0.115. The number of benzene rings is 2. The van der Waals surface area contributed by atoms with Crippen LogP contribution in [-0.2, 0) is 11.2 Å². The topological polar surface area (TPSA) is 89.5 Å². The summed E-state index contributed by atoms with van der Waals surface area (Å²) in [6.45, 7) is 5.72.